The van der Waals surface area contributed by atoms with Crippen molar-refractivity contribution in [3.8, 4) is 5.75 Å². The molecule has 25 heavy (non-hydrogen) atoms. The summed E-state index contributed by atoms with van der Waals surface area (Å²) >= 11 is 0. The van der Waals surface area contributed by atoms with Gasteiger partial charge in [0.05, 0.1) is 24.2 Å². The summed E-state index contributed by atoms with van der Waals surface area (Å²) in [5, 5.41) is 0.560. The maximum absolute atomic E-state index is 12.4. The topological polar surface area (TPSA) is 72.9 Å². The van der Waals surface area contributed by atoms with Gasteiger partial charge in [0.2, 0.25) is 0 Å². The molecule has 1 aliphatic heterocycles. The number of benzene rings is 2. The fourth-order valence-electron chi connectivity index (χ4n) is 3.18. The van der Waals surface area contributed by atoms with Gasteiger partial charge in [0.1, 0.15) is 5.75 Å². The van der Waals surface area contributed by atoms with E-state index in [1.165, 1.54) is 12.1 Å². The molecule has 2 aromatic rings. The Morgan fingerprint density at radius 2 is 1.60 bits per heavy atom. The molecule has 0 N–H and O–H groups in total. The average Bonchev–Trinajstić information content (AvgIpc) is 3.41. The molecule has 1 heterocycles. The quantitative estimate of drug-likeness (QED) is 0.802. The van der Waals surface area contributed by atoms with Crippen LogP contribution in [0.25, 0.3) is 0 Å². The van der Waals surface area contributed by atoms with Crippen LogP contribution in [0.3, 0.4) is 0 Å². The van der Waals surface area contributed by atoms with E-state index in [9.17, 15) is 14.4 Å². The maximum Gasteiger partial charge on any atom is 0.336 e. The van der Waals surface area contributed by atoms with E-state index in [-0.39, 0.29) is 23.0 Å². The van der Waals surface area contributed by atoms with Crippen molar-refractivity contribution in [2.75, 3.05) is 7.11 Å². The van der Waals surface area contributed by atoms with Crippen LogP contribution in [-0.4, -0.2) is 30.0 Å². The molecule has 0 unspecified atom stereocenters. The monoisotopic (exact) mass is 337 g/mol. The van der Waals surface area contributed by atoms with Crippen molar-refractivity contribution in [1.29, 1.82) is 0 Å². The molecule has 0 radical (unpaired) electrons. The standard InChI is InChI=1S/C19H15NO5/c1-24-16-9-5-4-6-11(16)14-10-15(14)19(23)25-20-17(21)12-7-2-3-8-13(12)18(20)22/h2-9,14-15H,10H2,1H3/t14-,15+/m0/s1. The smallest absolute Gasteiger partial charge is 0.336 e. The highest BCUT2D eigenvalue weighted by Gasteiger charge is 2.49. The molecule has 1 saturated carbocycles. The number of hydrogen-bond acceptors (Lipinski definition) is 5. The van der Waals surface area contributed by atoms with Gasteiger partial charge in [-0.25, -0.2) is 4.79 Å². The van der Waals surface area contributed by atoms with E-state index < -0.39 is 17.8 Å². The Labute approximate surface area is 143 Å². The van der Waals surface area contributed by atoms with Gasteiger partial charge in [-0.2, -0.15) is 0 Å². The van der Waals surface area contributed by atoms with Crippen molar-refractivity contribution in [2.24, 2.45) is 5.92 Å². The van der Waals surface area contributed by atoms with Crippen LogP contribution in [0.15, 0.2) is 48.5 Å². The number of para-hydroxylation sites is 1. The van der Waals surface area contributed by atoms with Crippen LogP contribution >= 0.6 is 0 Å². The number of hydrogen-bond donors (Lipinski definition) is 0. The maximum atomic E-state index is 12.4. The second kappa shape index (κ2) is 5.73. The molecule has 126 valence electrons. The normalized spacial score (nSPS) is 21.1. The van der Waals surface area contributed by atoms with Crippen molar-refractivity contribution in [2.45, 2.75) is 12.3 Å². The second-order valence-corrected chi connectivity index (χ2v) is 6.05. The van der Waals surface area contributed by atoms with Gasteiger partial charge in [0.15, 0.2) is 0 Å². The van der Waals surface area contributed by atoms with Crippen molar-refractivity contribution in [3.05, 3.63) is 65.2 Å². The number of nitrogens with zero attached hydrogens (tertiary/aromatic N) is 1. The molecule has 0 bridgehead atoms. The predicted molar refractivity (Wildman–Crippen MR) is 86.9 cm³/mol. The van der Waals surface area contributed by atoms with Crippen LogP contribution in [0.4, 0.5) is 0 Å². The van der Waals surface area contributed by atoms with Crippen molar-refractivity contribution in [1.82, 2.24) is 5.06 Å². The SMILES string of the molecule is COc1ccccc1[C@@H]1C[C@H]1C(=O)ON1C(=O)c2ccccc2C1=O. The molecule has 4 rings (SSSR count). The van der Waals surface area contributed by atoms with Crippen molar-refractivity contribution >= 4 is 17.8 Å². The summed E-state index contributed by atoms with van der Waals surface area (Å²) in [6.45, 7) is 0. The highest BCUT2D eigenvalue weighted by atomic mass is 16.7. The summed E-state index contributed by atoms with van der Waals surface area (Å²) in [7, 11) is 1.58. The number of carbonyl (C=O) groups is 3. The lowest BCUT2D eigenvalue weighted by molar-refractivity contribution is -0.170. The van der Waals surface area contributed by atoms with Gasteiger partial charge < -0.3 is 9.57 Å². The first-order valence-electron chi connectivity index (χ1n) is 7.94. The molecule has 0 spiro atoms. The first-order valence-corrected chi connectivity index (χ1v) is 7.94. The van der Waals surface area contributed by atoms with Crippen LogP contribution in [-0.2, 0) is 9.63 Å². The van der Waals surface area contributed by atoms with E-state index in [1.807, 2.05) is 24.3 Å². The minimum atomic E-state index is -0.608. The summed E-state index contributed by atoms with van der Waals surface area (Å²) in [5.41, 5.74) is 1.42. The molecule has 0 aromatic heterocycles. The van der Waals surface area contributed by atoms with Gasteiger partial charge in [0, 0.05) is 5.92 Å². The van der Waals surface area contributed by atoms with E-state index in [0.29, 0.717) is 17.2 Å². The van der Waals surface area contributed by atoms with Crippen molar-refractivity contribution < 1.29 is 24.0 Å². The third-order valence-corrected chi connectivity index (χ3v) is 4.57. The number of hydroxylamine groups is 2. The number of carbonyl (C=O) groups excluding carboxylic acids is 3. The molecule has 6 nitrogen and oxygen atoms in total. The van der Waals surface area contributed by atoms with Crippen LogP contribution in [0.5, 0.6) is 5.75 Å². The molecule has 1 fully saturated rings. The minimum absolute atomic E-state index is 0.0289. The molecular formula is C19H15NO5. The van der Waals surface area contributed by atoms with E-state index in [1.54, 1.807) is 19.2 Å². The Morgan fingerprint density at radius 1 is 1.00 bits per heavy atom. The fraction of sp³-hybridized carbons (Fsp3) is 0.211. The summed E-state index contributed by atoms with van der Waals surface area (Å²) < 4.78 is 5.31. The lowest BCUT2D eigenvalue weighted by Crippen LogP contribution is -2.33. The van der Waals surface area contributed by atoms with E-state index in [4.69, 9.17) is 9.57 Å². The first kappa shape index (κ1) is 15.4. The highest BCUT2D eigenvalue weighted by molar-refractivity contribution is 6.20. The Kier molecular flexibility index (Phi) is 3.53. The van der Waals surface area contributed by atoms with Gasteiger partial charge in [-0.15, -0.1) is 0 Å². The van der Waals surface area contributed by atoms with Crippen LogP contribution in [0.2, 0.25) is 0 Å². The largest absolute Gasteiger partial charge is 0.496 e. The lowest BCUT2D eigenvalue weighted by atomic mass is 10.1. The predicted octanol–water partition coefficient (Wildman–Crippen LogP) is 2.55. The summed E-state index contributed by atoms with van der Waals surface area (Å²) in [4.78, 5) is 42.0. The van der Waals surface area contributed by atoms with E-state index >= 15 is 0 Å². The number of ether oxygens (including phenoxy) is 1. The number of rotatable bonds is 4. The zero-order valence-corrected chi connectivity index (χ0v) is 13.5. The number of imide groups is 1. The molecule has 2 aliphatic rings. The lowest BCUT2D eigenvalue weighted by Gasteiger charge is -2.13. The zero-order chi connectivity index (χ0) is 17.6. The first-order chi connectivity index (χ1) is 12.1. The number of amides is 2. The molecule has 6 heteroatoms. The molecule has 1 aliphatic carbocycles. The number of fused-ring (bicyclic) bond motifs is 1. The Morgan fingerprint density at radius 3 is 2.24 bits per heavy atom. The highest BCUT2D eigenvalue weighted by Crippen LogP contribution is 2.51. The molecule has 0 saturated heterocycles. The third-order valence-electron chi connectivity index (χ3n) is 4.57. The van der Waals surface area contributed by atoms with Gasteiger partial charge in [-0.05, 0) is 30.2 Å². The van der Waals surface area contributed by atoms with Crippen LogP contribution in [0.1, 0.15) is 38.6 Å². The molecule has 2 amide bonds. The van der Waals surface area contributed by atoms with Crippen molar-refractivity contribution in [3.63, 3.8) is 0 Å². The Balaban J connectivity index is 1.48. The second-order valence-electron chi connectivity index (χ2n) is 6.05. The van der Waals surface area contributed by atoms with Gasteiger partial charge in [0.25, 0.3) is 11.8 Å². The fourth-order valence-corrected chi connectivity index (χ4v) is 3.18. The van der Waals surface area contributed by atoms with Crippen LogP contribution in [0, 0.1) is 5.92 Å². The average molecular weight is 337 g/mol. The Hall–Kier alpha value is -3.15. The Bertz CT molecular complexity index is 856. The number of methoxy groups -OCH3 is 1. The molecule has 2 aromatic carbocycles. The van der Waals surface area contributed by atoms with E-state index in [0.717, 1.165) is 5.56 Å². The van der Waals surface area contributed by atoms with Gasteiger partial charge in [-0.3, -0.25) is 9.59 Å². The zero-order valence-electron chi connectivity index (χ0n) is 13.5. The minimum Gasteiger partial charge on any atom is -0.496 e. The molecular weight excluding hydrogens is 322 g/mol. The van der Waals surface area contributed by atoms with E-state index in [2.05, 4.69) is 0 Å². The van der Waals surface area contributed by atoms with Crippen LogP contribution < -0.4 is 4.74 Å². The summed E-state index contributed by atoms with van der Waals surface area (Å²) in [6, 6.07) is 13.9. The van der Waals surface area contributed by atoms with Gasteiger partial charge >= 0.3 is 5.97 Å². The van der Waals surface area contributed by atoms with Gasteiger partial charge in [-0.1, -0.05) is 35.4 Å². The summed E-state index contributed by atoms with van der Waals surface area (Å²) in [6.07, 6.45) is 0.600. The summed E-state index contributed by atoms with van der Waals surface area (Å²) in [5.74, 6) is -1.50. The third kappa shape index (κ3) is 2.46. The molecule has 2 atom stereocenters.